The highest BCUT2D eigenvalue weighted by Crippen LogP contribution is 2.15. The van der Waals surface area contributed by atoms with Gasteiger partial charge in [0.15, 0.2) is 0 Å². The molecular formula is C17H22N2O2. The van der Waals surface area contributed by atoms with Crippen molar-refractivity contribution in [3.8, 4) is 5.75 Å². The fraction of sp³-hybridized carbons (Fsp3) is 0.294. The molecule has 0 saturated carbocycles. The molecule has 2 aromatic rings. The average molecular weight is 286 g/mol. The third-order valence-corrected chi connectivity index (χ3v) is 3.18. The molecule has 0 amide bonds. The number of anilines is 1. The first kappa shape index (κ1) is 15.4. The predicted octanol–water partition coefficient (Wildman–Crippen LogP) is 2.65. The maximum Gasteiger partial charge on any atom is 0.119 e. The maximum atomic E-state index is 5.79. The van der Waals surface area contributed by atoms with Crippen LogP contribution < -0.4 is 15.8 Å². The molecule has 112 valence electrons. The predicted molar refractivity (Wildman–Crippen MR) is 85.6 cm³/mol. The van der Waals surface area contributed by atoms with E-state index in [1.165, 1.54) is 0 Å². The Morgan fingerprint density at radius 3 is 2.38 bits per heavy atom. The van der Waals surface area contributed by atoms with Gasteiger partial charge in [0.2, 0.25) is 0 Å². The molecule has 0 aliphatic carbocycles. The lowest BCUT2D eigenvalue weighted by Crippen LogP contribution is -2.33. The van der Waals surface area contributed by atoms with E-state index in [0.29, 0.717) is 19.8 Å². The zero-order valence-corrected chi connectivity index (χ0v) is 12.3. The topological polar surface area (TPSA) is 56.5 Å². The second-order valence-corrected chi connectivity index (χ2v) is 4.81. The van der Waals surface area contributed by atoms with Crippen LogP contribution in [0.1, 0.15) is 5.56 Å². The molecule has 4 nitrogen and oxygen atoms in total. The molecule has 0 bridgehead atoms. The van der Waals surface area contributed by atoms with E-state index in [1.54, 1.807) is 7.11 Å². The number of hydrogen-bond donors (Lipinski definition) is 2. The Labute approximate surface area is 125 Å². The minimum absolute atomic E-state index is 0.0853. The van der Waals surface area contributed by atoms with E-state index >= 15 is 0 Å². The summed E-state index contributed by atoms with van der Waals surface area (Å²) in [5.41, 5.74) is 7.96. The molecule has 3 N–H and O–H groups in total. The molecule has 0 fully saturated rings. The van der Waals surface area contributed by atoms with Gasteiger partial charge >= 0.3 is 0 Å². The molecule has 0 aliphatic rings. The maximum absolute atomic E-state index is 5.79. The molecule has 0 spiro atoms. The van der Waals surface area contributed by atoms with E-state index < -0.39 is 0 Å². The zero-order valence-electron chi connectivity index (χ0n) is 12.3. The van der Waals surface area contributed by atoms with Crippen LogP contribution in [-0.2, 0) is 11.3 Å². The third-order valence-electron chi connectivity index (χ3n) is 3.18. The van der Waals surface area contributed by atoms with Crippen molar-refractivity contribution in [1.29, 1.82) is 0 Å². The fourth-order valence-corrected chi connectivity index (χ4v) is 1.98. The van der Waals surface area contributed by atoms with Crippen LogP contribution in [0.2, 0.25) is 0 Å². The number of benzene rings is 2. The van der Waals surface area contributed by atoms with Crippen molar-refractivity contribution in [2.75, 3.05) is 25.6 Å². The van der Waals surface area contributed by atoms with E-state index in [0.717, 1.165) is 17.0 Å². The highest BCUT2D eigenvalue weighted by Gasteiger charge is 2.07. The summed E-state index contributed by atoms with van der Waals surface area (Å²) in [6.45, 7) is 1.68. The second kappa shape index (κ2) is 8.29. The fourth-order valence-electron chi connectivity index (χ4n) is 1.98. The lowest BCUT2D eigenvalue weighted by Gasteiger charge is -2.18. The number of nitrogens with two attached hydrogens (primary N) is 1. The van der Waals surface area contributed by atoms with Crippen LogP contribution >= 0.6 is 0 Å². The Bertz CT molecular complexity index is 514. The molecular weight excluding hydrogens is 264 g/mol. The molecule has 4 heteroatoms. The number of hydrogen-bond acceptors (Lipinski definition) is 4. The molecule has 0 radical (unpaired) electrons. The SMILES string of the molecule is COc1ccc(NC(CN)COCc2ccccc2)cc1. The summed E-state index contributed by atoms with van der Waals surface area (Å²) in [5.74, 6) is 0.838. The Kier molecular flexibility index (Phi) is 6.06. The average Bonchev–Trinajstić information content (AvgIpc) is 2.55. The van der Waals surface area contributed by atoms with Crippen LogP contribution in [0, 0.1) is 0 Å². The number of nitrogens with one attached hydrogen (secondary N) is 1. The van der Waals surface area contributed by atoms with Crippen LogP contribution in [0.15, 0.2) is 54.6 Å². The zero-order chi connectivity index (χ0) is 14.9. The van der Waals surface area contributed by atoms with Gasteiger partial charge in [-0.2, -0.15) is 0 Å². The van der Waals surface area contributed by atoms with Gasteiger partial charge in [0.05, 0.1) is 26.4 Å². The summed E-state index contributed by atoms with van der Waals surface area (Å²) in [6, 6.07) is 18.0. The minimum Gasteiger partial charge on any atom is -0.497 e. The van der Waals surface area contributed by atoms with Crippen molar-refractivity contribution in [1.82, 2.24) is 0 Å². The van der Waals surface area contributed by atoms with Crippen LogP contribution in [0.25, 0.3) is 0 Å². The van der Waals surface area contributed by atoms with Crippen LogP contribution in [0.3, 0.4) is 0 Å². The van der Waals surface area contributed by atoms with Gasteiger partial charge in [-0.3, -0.25) is 0 Å². The number of rotatable bonds is 8. The summed E-state index contributed by atoms with van der Waals surface area (Å²) in [6.07, 6.45) is 0. The standard InChI is InChI=1S/C17H22N2O2/c1-20-17-9-7-15(8-10-17)19-16(11-18)13-21-12-14-5-3-2-4-6-14/h2-10,16,19H,11-13,18H2,1H3. The van der Waals surface area contributed by atoms with Crippen LogP contribution in [0.5, 0.6) is 5.75 Å². The molecule has 0 aromatic heterocycles. The second-order valence-electron chi connectivity index (χ2n) is 4.81. The van der Waals surface area contributed by atoms with Gasteiger partial charge in [0.1, 0.15) is 5.75 Å². The van der Waals surface area contributed by atoms with E-state index in [4.69, 9.17) is 15.2 Å². The van der Waals surface area contributed by atoms with Crippen molar-refractivity contribution in [3.63, 3.8) is 0 Å². The molecule has 0 saturated heterocycles. The van der Waals surface area contributed by atoms with Crippen LogP contribution in [0.4, 0.5) is 5.69 Å². The van der Waals surface area contributed by atoms with Crippen molar-refractivity contribution in [2.45, 2.75) is 12.6 Å². The molecule has 1 unspecified atom stereocenters. The minimum atomic E-state index is 0.0853. The van der Waals surface area contributed by atoms with Crippen molar-refractivity contribution in [2.24, 2.45) is 5.73 Å². The lowest BCUT2D eigenvalue weighted by molar-refractivity contribution is 0.113. The smallest absolute Gasteiger partial charge is 0.119 e. The highest BCUT2D eigenvalue weighted by molar-refractivity contribution is 5.47. The summed E-state index contributed by atoms with van der Waals surface area (Å²) in [4.78, 5) is 0. The van der Waals surface area contributed by atoms with Gasteiger partial charge in [-0.05, 0) is 29.8 Å². The van der Waals surface area contributed by atoms with Gasteiger partial charge in [0, 0.05) is 12.2 Å². The molecule has 0 aliphatic heterocycles. The van der Waals surface area contributed by atoms with Gasteiger partial charge < -0.3 is 20.5 Å². The number of methoxy groups -OCH3 is 1. The molecule has 0 heterocycles. The summed E-state index contributed by atoms with van der Waals surface area (Å²) < 4.78 is 10.9. The Morgan fingerprint density at radius 1 is 1.05 bits per heavy atom. The first-order valence-electron chi connectivity index (χ1n) is 7.04. The van der Waals surface area contributed by atoms with E-state index in [1.807, 2.05) is 54.6 Å². The van der Waals surface area contributed by atoms with Crippen LogP contribution in [-0.4, -0.2) is 26.3 Å². The largest absolute Gasteiger partial charge is 0.497 e. The summed E-state index contributed by atoms with van der Waals surface area (Å²) >= 11 is 0. The normalized spacial score (nSPS) is 11.9. The molecule has 2 rings (SSSR count). The summed E-state index contributed by atoms with van der Waals surface area (Å²) in [7, 11) is 1.66. The van der Waals surface area contributed by atoms with Crippen molar-refractivity contribution >= 4 is 5.69 Å². The van der Waals surface area contributed by atoms with Gasteiger partial charge in [-0.1, -0.05) is 30.3 Å². The van der Waals surface area contributed by atoms with Gasteiger partial charge in [0.25, 0.3) is 0 Å². The Balaban J connectivity index is 1.79. The van der Waals surface area contributed by atoms with Gasteiger partial charge in [-0.15, -0.1) is 0 Å². The molecule has 1 atom stereocenters. The lowest BCUT2D eigenvalue weighted by atomic mass is 10.2. The quantitative estimate of drug-likeness (QED) is 0.783. The van der Waals surface area contributed by atoms with Gasteiger partial charge in [-0.25, -0.2) is 0 Å². The van der Waals surface area contributed by atoms with E-state index in [2.05, 4.69) is 5.32 Å². The Hall–Kier alpha value is -2.04. The number of ether oxygens (including phenoxy) is 2. The third kappa shape index (κ3) is 5.10. The molecule has 2 aromatic carbocycles. The molecule has 21 heavy (non-hydrogen) atoms. The van der Waals surface area contributed by atoms with Crippen molar-refractivity contribution in [3.05, 3.63) is 60.2 Å². The monoisotopic (exact) mass is 286 g/mol. The van der Waals surface area contributed by atoms with E-state index in [-0.39, 0.29) is 6.04 Å². The van der Waals surface area contributed by atoms with E-state index in [9.17, 15) is 0 Å². The highest BCUT2D eigenvalue weighted by atomic mass is 16.5. The Morgan fingerprint density at radius 2 is 1.76 bits per heavy atom. The first-order valence-corrected chi connectivity index (χ1v) is 7.04. The first-order chi connectivity index (χ1) is 10.3. The summed E-state index contributed by atoms with van der Waals surface area (Å²) in [5, 5.41) is 3.36. The van der Waals surface area contributed by atoms with Crippen molar-refractivity contribution < 1.29 is 9.47 Å².